The van der Waals surface area contributed by atoms with E-state index in [1.54, 1.807) is 0 Å². The van der Waals surface area contributed by atoms with Gasteiger partial charge in [0.25, 0.3) is 0 Å². The van der Waals surface area contributed by atoms with Gasteiger partial charge in [0.15, 0.2) is 11.6 Å². The van der Waals surface area contributed by atoms with Crippen molar-refractivity contribution < 1.29 is 24.3 Å². The Labute approximate surface area is 101 Å². The minimum absolute atomic E-state index is 0.164. The van der Waals surface area contributed by atoms with Crippen LogP contribution in [0.5, 0.6) is 11.5 Å². The van der Waals surface area contributed by atoms with Crippen molar-refractivity contribution in [2.75, 3.05) is 12.8 Å². The first-order chi connectivity index (χ1) is 8.52. The predicted molar refractivity (Wildman–Crippen MR) is 61.5 cm³/mol. The summed E-state index contributed by atoms with van der Waals surface area (Å²) in [5, 5.41) is 22.0. The maximum absolute atomic E-state index is 10.9. The highest BCUT2D eigenvalue weighted by molar-refractivity contribution is 5.93. The molecule has 2 aromatic rings. The van der Waals surface area contributed by atoms with Crippen molar-refractivity contribution >= 4 is 11.8 Å². The van der Waals surface area contributed by atoms with Gasteiger partial charge in [-0.15, -0.1) is 0 Å². The largest absolute Gasteiger partial charge is 0.507 e. The number of aromatic carboxylic acids is 1. The molecule has 0 amide bonds. The van der Waals surface area contributed by atoms with Crippen LogP contribution in [-0.2, 0) is 0 Å². The SMILES string of the molecule is COc1cc(O)c(C(=O)O)cc1-c1cc(N)no1. The van der Waals surface area contributed by atoms with Gasteiger partial charge in [0, 0.05) is 12.1 Å². The van der Waals surface area contributed by atoms with Crippen molar-refractivity contribution in [1.29, 1.82) is 0 Å². The predicted octanol–water partition coefficient (Wildman–Crippen LogP) is 1.34. The summed E-state index contributed by atoms with van der Waals surface area (Å²) >= 11 is 0. The third-order valence-electron chi connectivity index (χ3n) is 2.34. The summed E-state index contributed by atoms with van der Waals surface area (Å²) in [4.78, 5) is 10.9. The van der Waals surface area contributed by atoms with E-state index in [1.165, 1.54) is 25.3 Å². The van der Waals surface area contributed by atoms with Gasteiger partial charge in [-0.25, -0.2) is 4.79 Å². The number of carboxylic acid groups (broad SMARTS) is 1. The van der Waals surface area contributed by atoms with E-state index < -0.39 is 11.7 Å². The molecule has 0 fully saturated rings. The maximum Gasteiger partial charge on any atom is 0.339 e. The summed E-state index contributed by atoms with van der Waals surface area (Å²) in [6, 6.07) is 3.86. The topological polar surface area (TPSA) is 119 Å². The van der Waals surface area contributed by atoms with E-state index in [-0.39, 0.29) is 22.9 Å². The fourth-order valence-electron chi connectivity index (χ4n) is 1.52. The fraction of sp³-hybridized carbons (Fsp3) is 0.0909. The normalized spacial score (nSPS) is 10.3. The van der Waals surface area contributed by atoms with Gasteiger partial charge in [0.2, 0.25) is 0 Å². The minimum atomic E-state index is -1.26. The minimum Gasteiger partial charge on any atom is -0.507 e. The van der Waals surface area contributed by atoms with Crippen LogP contribution in [-0.4, -0.2) is 28.4 Å². The lowest BCUT2D eigenvalue weighted by molar-refractivity contribution is 0.0693. The zero-order valence-corrected chi connectivity index (χ0v) is 9.38. The van der Waals surface area contributed by atoms with Crippen LogP contribution in [0.25, 0.3) is 11.3 Å². The molecule has 1 aromatic heterocycles. The summed E-state index contributed by atoms with van der Waals surface area (Å²) < 4.78 is 9.98. The van der Waals surface area contributed by atoms with E-state index in [0.717, 1.165) is 0 Å². The van der Waals surface area contributed by atoms with Gasteiger partial charge in [0.05, 0.1) is 12.7 Å². The average Bonchev–Trinajstić information content (AvgIpc) is 2.74. The Hall–Kier alpha value is -2.70. The molecule has 2 rings (SSSR count). The number of methoxy groups -OCH3 is 1. The highest BCUT2D eigenvalue weighted by Gasteiger charge is 2.18. The van der Waals surface area contributed by atoms with Crippen LogP contribution in [0, 0.1) is 0 Å². The molecule has 0 saturated carbocycles. The molecule has 0 aliphatic rings. The molecule has 7 heteroatoms. The Kier molecular flexibility index (Phi) is 2.80. The number of nitrogens with zero attached hydrogens (tertiary/aromatic N) is 1. The molecule has 0 aliphatic heterocycles. The first-order valence-electron chi connectivity index (χ1n) is 4.89. The van der Waals surface area contributed by atoms with Crippen LogP contribution in [0.2, 0.25) is 0 Å². The van der Waals surface area contributed by atoms with Crippen molar-refractivity contribution in [2.45, 2.75) is 0 Å². The molecule has 0 unspecified atom stereocenters. The number of aromatic hydroxyl groups is 1. The van der Waals surface area contributed by atoms with Crippen molar-refractivity contribution in [3.8, 4) is 22.8 Å². The average molecular weight is 250 g/mol. The zero-order valence-electron chi connectivity index (χ0n) is 9.38. The number of hydrogen-bond acceptors (Lipinski definition) is 6. The molecule has 0 radical (unpaired) electrons. The molecule has 0 aliphatic carbocycles. The number of carbonyl (C=O) groups is 1. The summed E-state index contributed by atoms with van der Waals surface area (Å²) in [6.07, 6.45) is 0. The number of benzene rings is 1. The lowest BCUT2D eigenvalue weighted by Crippen LogP contribution is -1.98. The standard InChI is InChI=1S/C11H10N2O5/c1-17-8-3-7(14)5(11(15)16)2-6(8)9-4-10(12)13-18-9/h2-4,14H,1H3,(H2,12,13)(H,15,16). The maximum atomic E-state index is 10.9. The second kappa shape index (κ2) is 4.28. The lowest BCUT2D eigenvalue weighted by Gasteiger charge is -2.08. The first kappa shape index (κ1) is 11.8. The van der Waals surface area contributed by atoms with Crippen molar-refractivity contribution in [1.82, 2.24) is 5.16 Å². The number of rotatable bonds is 3. The van der Waals surface area contributed by atoms with Crippen LogP contribution in [0.4, 0.5) is 5.82 Å². The smallest absolute Gasteiger partial charge is 0.339 e. The molecule has 1 heterocycles. The highest BCUT2D eigenvalue weighted by Crippen LogP contribution is 2.36. The molecule has 0 spiro atoms. The number of nitrogens with two attached hydrogens (primary N) is 1. The number of hydrogen-bond donors (Lipinski definition) is 3. The molecule has 1 aromatic carbocycles. The molecule has 0 saturated heterocycles. The molecular formula is C11H10N2O5. The zero-order chi connectivity index (χ0) is 13.3. The van der Waals surface area contributed by atoms with E-state index in [9.17, 15) is 9.90 Å². The summed E-state index contributed by atoms with van der Waals surface area (Å²) in [5.74, 6) is -0.975. The van der Waals surface area contributed by atoms with Gasteiger partial charge in [-0.3, -0.25) is 0 Å². The number of nitrogen functional groups attached to an aromatic ring is 1. The summed E-state index contributed by atoms with van der Waals surface area (Å²) in [6.45, 7) is 0. The Balaban J connectivity index is 2.64. The second-order valence-corrected chi connectivity index (χ2v) is 3.49. The Bertz CT molecular complexity index is 605. The molecule has 0 bridgehead atoms. The van der Waals surface area contributed by atoms with Gasteiger partial charge < -0.3 is 25.2 Å². The number of anilines is 1. The quantitative estimate of drug-likeness (QED) is 0.751. The number of aromatic nitrogens is 1. The van der Waals surface area contributed by atoms with Gasteiger partial charge in [-0.1, -0.05) is 5.16 Å². The van der Waals surface area contributed by atoms with E-state index in [4.69, 9.17) is 20.1 Å². The molecule has 7 nitrogen and oxygen atoms in total. The van der Waals surface area contributed by atoms with Gasteiger partial charge in [-0.2, -0.15) is 0 Å². The number of phenols is 1. The number of carboxylic acids is 1. The molecule has 4 N–H and O–H groups in total. The van der Waals surface area contributed by atoms with Crippen LogP contribution < -0.4 is 10.5 Å². The van der Waals surface area contributed by atoms with E-state index in [2.05, 4.69) is 5.16 Å². The van der Waals surface area contributed by atoms with Crippen molar-refractivity contribution in [3.05, 3.63) is 23.8 Å². The fourth-order valence-corrected chi connectivity index (χ4v) is 1.52. The van der Waals surface area contributed by atoms with Crippen LogP contribution in [0.3, 0.4) is 0 Å². The van der Waals surface area contributed by atoms with Crippen LogP contribution in [0.15, 0.2) is 22.7 Å². The molecule has 18 heavy (non-hydrogen) atoms. The van der Waals surface area contributed by atoms with Crippen molar-refractivity contribution in [3.63, 3.8) is 0 Å². The first-order valence-corrected chi connectivity index (χ1v) is 4.89. The third-order valence-corrected chi connectivity index (χ3v) is 2.34. The van der Waals surface area contributed by atoms with Crippen molar-refractivity contribution in [2.24, 2.45) is 0 Å². The van der Waals surface area contributed by atoms with E-state index >= 15 is 0 Å². The van der Waals surface area contributed by atoms with E-state index in [0.29, 0.717) is 5.56 Å². The molecular weight excluding hydrogens is 240 g/mol. The second-order valence-electron chi connectivity index (χ2n) is 3.49. The highest BCUT2D eigenvalue weighted by atomic mass is 16.5. The molecule has 94 valence electrons. The summed E-state index contributed by atoms with van der Waals surface area (Å²) in [7, 11) is 1.39. The Morgan fingerprint density at radius 2 is 2.17 bits per heavy atom. The Morgan fingerprint density at radius 1 is 1.44 bits per heavy atom. The van der Waals surface area contributed by atoms with Crippen LogP contribution in [0.1, 0.15) is 10.4 Å². The third kappa shape index (κ3) is 1.93. The van der Waals surface area contributed by atoms with Gasteiger partial charge >= 0.3 is 5.97 Å². The van der Waals surface area contributed by atoms with Crippen LogP contribution >= 0.6 is 0 Å². The monoisotopic (exact) mass is 250 g/mol. The van der Waals surface area contributed by atoms with E-state index in [1.807, 2.05) is 0 Å². The summed E-state index contributed by atoms with van der Waals surface area (Å²) in [5.41, 5.74) is 5.51. The van der Waals surface area contributed by atoms with Gasteiger partial charge in [0.1, 0.15) is 17.1 Å². The Morgan fingerprint density at radius 3 is 2.67 bits per heavy atom. The molecule has 0 atom stereocenters. The number of ether oxygens (including phenoxy) is 1. The lowest BCUT2D eigenvalue weighted by atomic mass is 10.1. The van der Waals surface area contributed by atoms with Gasteiger partial charge in [-0.05, 0) is 6.07 Å².